The van der Waals surface area contributed by atoms with E-state index in [1.54, 1.807) is 0 Å². The predicted molar refractivity (Wildman–Crippen MR) is 79.3 cm³/mol. The quantitative estimate of drug-likeness (QED) is 0.820. The van der Waals surface area contributed by atoms with Gasteiger partial charge in [0.1, 0.15) is 5.82 Å². The van der Waals surface area contributed by atoms with Crippen molar-refractivity contribution in [3.8, 4) is 0 Å². The smallest absolute Gasteiger partial charge is 0.374 e. The monoisotopic (exact) mass is 273 g/mol. The first-order valence-corrected chi connectivity index (χ1v) is 6.84. The Morgan fingerprint density at radius 3 is 2.70 bits per heavy atom. The average molecular weight is 273 g/mol. The number of carboxylic acid groups (broad SMARTS) is 1. The number of hydrogen-bond acceptors (Lipinski definition) is 4. The Labute approximate surface area is 118 Å². The summed E-state index contributed by atoms with van der Waals surface area (Å²) in [6.45, 7) is 3.01. The maximum atomic E-state index is 11.1. The van der Waals surface area contributed by atoms with Crippen LogP contribution in [0.5, 0.6) is 0 Å². The molecule has 2 aromatic rings. The van der Waals surface area contributed by atoms with Crippen molar-refractivity contribution in [2.75, 3.05) is 18.5 Å². The summed E-state index contributed by atoms with van der Waals surface area (Å²) in [7, 11) is 1.94. The second kappa shape index (κ2) is 6.32. The summed E-state index contributed by atoms with van der Waals surface area (Å²) < 4.78 is 0. The van der Waals surface area contributed by atoms with Gasteiger partial charge < -0.3 is 10.0 Å². The molecule has 0 aliphatic heterocycles. The molecule has 0 bridgehead atoms. The molecule has 0 fully saturated rings. The van der Waals surface area contributed by atoms with E-state index >= 15 is 0 Å². The molecule has 0 aliphatic carbocycles. The zero-order chi connectivity index (χ0) is 14.5. The molecule has 0 spiro atoms. The van der Waals surface area contributed by atoms with Crippen molar-refractivity contribution in [3.63, 3.8) is 0 Å². The summed E-state index contributed by atoms with van der Waals surface area (Å²) in [5.41, 5.74) is 0.664. The van der Waals surface area contributed by atoms with Crippen molar-refractivity contribution in [1.29, 1.82) is 0 Å². The fourth-order valence-electron chi connectivity index (χ4n) is 2.15. The third-order valence-electron chi connectivity index (χ3n) is 3.23. The minimum Gasteiger partial charge on any atom is -0.475 e. The van der Waals surface area contributed by atoms with Crippen LogP contribution in [0.1, 0.15) is 36.8 Å². The van der Waals surface area contributed by atoms with Gasteiger partial charge in [-0.2, -0.15) is 0 Å². The van der Waals surface area contributed by atoms with E-state index in [2.05, 4.69) is 16.9 Å². The van der Waals surface area contributed by atoms with E-state index in [0.717, 1.165) is 31.2 Å². The Kier molecular flexibility index (Phi) is 4.50. The molecule has 0 radical (unpaired) electrons. The molecule has 1 heterocycles. The minimum absolute atomic E-state index is 0.152. The number of anilines is 1. The minimum atomic E-state index is -1.10. The van der Waals surface area contributed by atoms with Gasteiger partial charge in [0.2, 0.25) is 5.82 Å². The number of fused-ring (bicyclic) bond motifs is 1. The average Bonchev–Trinajstić information content (AvgIpc) is 2.46. The van der Waals surface area contributed by atoms with Crippen molar-refractivity contribution >= 4 is 22.7 Å². The molecule has 2 rings (SSSR count). The van der Waals surface area contributed by atoms with Crippen LogP contribution in [-0.4, -0.2) is 34.6 Å². The fraction of sp³-hybridized carbons (Fsp3) is 0.400. The number of carbonyl (C=O) groups is 1. The largest absolute Gasteiger partial charge is 0.475 e. The van der Waals surface area contributed by atoms with Crippen LogP contribution in [0, 0.1) is 0 Å². The molecule has 0 saturated carbocycles. The molecule has 0 aliphatic rings. The summed E-state index contributed by atoms with van der Waals surface area (Å²) >= 11 is 0. The number of carboxylic acids is 1. The van der Waals surface area contributed by atoms with Gasteiger partial charge in [0.25, 0.3) is 0 Å². The first kappa shape index (κ1) is 14.2. The third kappa shape index (κ3) is 3.04. The van der Waals surface area contributed by atoms with E-state index in [0.29, 0.717) is 11.3 Å². The molecule has 0 atom stereocenters. The maximum Gasteiger partial charge on any atom is 0.374 e. The number of rotatable bonds is 6. The van der Waals surface area contributed by atoms with E-state index < -0.39 is 5.97 Å². The summed E-state index contributed by atoms with van der Waals surface area (Å²) in [6, 6.07) is 7.50. The molecule has 0 amide bonds. The van der Waals surface area contributed by atoms with Crippen molar-refractivity contribution in [2.45, 2.75) is 26.2 Å². The van der Waals surface area contributed by atoms with Gasteiger partial charge in [-0.3, -0.25) is 0 Å². The summed E-state index contributed by atoms with van der Waals surface area (Å²) in [4.78, 5) is 21.4. The topological polar surface area (TPSA) is 66.3 Å². The van der Waals surface area contributed by atoms with Crippen LogP contribution in [-0.2, 0) is 0 Å². The van der Waals surface area contributed by atoms with Crippen LogP contribution in [0.25, 0.3) is 10.9 Å². The highest BCUT2D eigenvalue weighted by molar-refractivity contribution is 5.93. The fourth-order valence-corrected chi connectivity index (χ4v) is 2.15. The first-order chi connectivity index (χ1) is 9.63. The number of nitrogens with zero attached hydrogens (tertiary/aromatic N) is 3. The van der Waals surface area contributed by atoms with Crippen molar-refractivity contribution in [1.82, 2.24) is 9.97 Å². The number of hydrogen-bond donors (Lipinski definition) is 1. The molecule has 1 aromatic heterocycles. The third-order valence-corrected chi connectivity index (χ3v) is 3.23. The molecule has 0 saturated heterocycles. The Morgan fingerprint density at radius 2 is 2.00 bits per heavy atom. The molecule has 1 N–H and O–H groups in total. The lowest BCUT2D eigenvalue weighted by Gasteiger charge is -2.20. The van der Waals surface area contributed by atoms with Crippen molar-refractivity contribution < 1.29 is 9.90 Å². The highest BCUT2D eigenvalue weighted by Gasteiger charge is 2.14. The zero-order valence-electron chi connectivity index (χ0n) is 11.8. The van der Waals surface area contributed by atoms with Crippen LogP contribution in [0.3, 0.4) is 0 Å². The van der Waals surface area contributed by atoms with Gasteiger partial charge in [-0.15, -0.1) is 0 Å². The van der Waals surface area contributed by atoms with Crippen molar-refractivity contribution in [2.24, 2.45) is 0 Å². The number of aromatic nitrogens is 2. The van der Waals surface area contributed by atoms with Gasteiger partial charge >= 0.3 is 5.97 Å². The molecule has 106 valence electrons. The number of para-hydroxylation sites is 1. The SMILES string of the molecule is CCCCCN(C)c1nc(C(=O)O)nc2ccccc12. The van der Waals surface area contributed by atoms with Gasteiger partial charge in [0.15, 0.2) is 0 Å². The van der Waals surface area contributed by atoms with Gasteiger partial charge in [-0.25, -0.2) is 14.8 Å². The maximum absolute atomic E-state index is 11.1. The van der Waals surface area contributed by atoms with Gasteiger partial charge in [-0.1, -0.05) is 31.9 Å². The van der Waals surface area contributed by atoms with Crippen LogP contribution >= 0.6 is 0 Å². The van der Waals surface area contributed by atoms with Crippen LogP contribution in [0.2, 0.25) is 0 Å². The lowest BCUT2D eigenvalue weighted by Crippen LogP contribution is -2.21. The molecule has 5 heteroatoms. The Balaban J connectivity index is 2.41. The molecule has 5 nitrogen and oxygen atoms in total. The summed E-state index contributed by atoms with van der Waals surface area (Å²) in [5.74, 6) is -0.566. The first-order valence-electron chi connectivity index (χ1n) is 6.84. The molecule has 0 unspecified atom stereocenters. The van der Waals surface area contributed by atoms with E-state index in [9.17, 15) is 4.79 Å². The lowest BCUT2D eigenvalue weighted by atomic mass is 10.2. The Hall–Kier alpha value is -2.17. The van der Waals surface area contributed by atoms with E-state index in [1.165, 1.54) is 0 Å². The Morgan fingerprint density at radius 1 is 1.25 bits per heavy atom. The number of unbranched alkanes of at least 4 members (excludes halogenated alkanes) is 2. The van der Waals surface area contributed by atoms with Crippen LogP contribution in [0.4, 0.5) is 5.82 Å². The van der Waals surface area contributed by atoms with Crippen LogP contribution in [0.15, 0.2) is 24.3 Å². The molecule has 1 aromatic carbocycles. The standard InChI is InChI=1S/C15H19N3O2/c1-3-4-7-10-18(2)14-11-8-5-6-9-12(11)16-13(17-14)15(19)20/h5-6,8-9H,3-4,7,10H2,1-2H3,(H,19,20). The normalized spacial score (nSPS) is 10.7. The van der Waals surface area contributed by atoms with E-state index in [1.807, 2.05) is 36.2 Å². The van der Waals surface area contributed by atoms with Gasteiger partial charge in [-0.05, 0) is 18.6 Å². The van der Waals surface area contributed by atoms with Crippen molar-refractivity contribution in [3.05, 3.63) is 30.1 Å². The zero-order valence-corrected chi connectivity index (χ0v) is 11.8. The van der Waals surface area contributed by atoms with E-state index in [4.69, 9.17) is 5.11 Å². The molecular formula is C15H19N3O2. The van der Waals surface area contributed by atoms with E-state index in [-0.39, 0.29) is 5.82 Å². The summed E-state index contributed by atoms with van der Waals surface area (Å²) in [5, 5.41) is 10.0. The number of aromatic carboxylic acids is 1. The molecule has 20 heavy (non-hydrogen) atoms. The summed E-state index contributed by atoms with van der Waals surface area (Å²) in [6.07, 6.45) is 3.37. The van der Waals surface area contributed by atoms with Gasteiger partial charge in [0, 0.05) is 19.0 Å². The second-order valence-corrected chi connectivity index (χ2v) is 4.82. The Bertz CT molecular complexity index is 613. The van der Waals surface area contributed by atoms with Gasteiger partial charge in [0.05, 0.1) is 5.52 Å². The highest BCUT2D eigenvalue weighted by Crippen LogP contribution is 2.23. The highest BCUT2D eigenvalue weighted by atomic mass is 16.4. The van der Waals surface area contributed by atoms with Crippen LogP contribution < -0.4 is 4.90 Å². The second-order valence-electron chi connectivity index (χ2n) is 4.82. The molecular weight excluding hydrogens is 254 g/mol. The number of benzene rings is 1. The predicted octanol–water partition coefficient (Wildman–Crippen LogP) is 2.95. The lowest BCUT2D eigenvalue weighted by molar-refractivity contribution is 0.0684.